The van der Waals surface area contributed by atoms with Gasteiger partial charge < -0.3 is 15.0 Å². The van der Waals surface area contributed by atoms with E-state index in [0.29, 0.717) is 11.4 Å². The minimum absolute atomic E-state index is 0.292. The van der Waals surface area contributed by atoms with Crippen LogP contribution in [0.1, 0.15) is 19.3 Å². The molecule has 148 valence electrons. The largest absolute Gasteiger partial charge is 0.481 e. The van der Waals surface area contributed by atoms with Gasteiger partial charge in [0, 0.05) is 26.2 Å². The summed E-state index contributed by atoms with van der Waals surface area (Å²) in [7, 11) is -1.49. The van der Waals surface area contributed by atoms with Gasteiger partial charge in [0.15, 0.2) is 16.7 Å². The molecular formula is C21H24FN3O2S. The first kappa shape index (κ1) is 17.9. The molecule has 1 spiro atoms. The maximum atomic E-state index is 13.7. The van der Waals surface area contributed by atoms with Gasteiger partial charge in [-0.1, -0.05) is 12.1 Å². The predicted molar refractivity (Wildman–Crippen MR) is 109 cm³/mol. The molecule has 3 aliphatic rings. The number of ether oxygens (including phenoxy) is 1. The van der Waals surface area contributed by atoms with Crippen LogP contribution in [0.15, 0.2) is 47.4 Å². The molecule has 2 aromatic rings. The molecule has 7 heteroatoms. The van der Waals surface area contributed by atoms with Gasteiger partial charge in [-0.05, 0) is 49.6 Å². The number of benzene rings is 2. The molecule has 0 amide bonds. The maximum absolute atomic E-state index is 13.7. The molecule has 1 atom stereocenters. The van der Waals surface area contributed by atoms with Gasteiger partial charge in [0.25, 0.3) is 0 Å². The van der Waals surface area contributed by atoms with Gasteiger partial charge in [-0.3, -0.25) is 4.31 Å². The van der Waals surface area contributed by atoms with E-state index in [1.165, 1.54) is 12.1 Å². The minimum atomic E-state index is -1.49. The van der Waals surface area contributed by atoms with Crippen molar-refractivity contribution in [3.8, 4) is 5.75 Å². The molecule has 2 aromatic carbocycles. The Kier molecular flexibility index (Phi) is 4.51. The third-order valence-electron chi connectivity index (χ3n) is 5.91. The molecule has 28 heavy (non-hydrogen) atoms. The van der Waals surface area contributed by atoms with Crippen LogP contribution in [0.5, 0.6) is 5.75 Å². The highest BCUT2D eigenvalue weighted by Gasteiger charge is 2.47. The number of hydrogen-bond acceptors (Lipinski definition) is 4. The SMILES string of the molecule is O=S(c1cccc(F)c1)N1CC2(CCC2)Oc2c(N3CCNCC3)cccc21. The zero-order chi connectivity index (χ0) is 19.1. The second-order valence-corrected chi connectivity index (χ2v) is 9.15. The van der Waals surface area contributed by atoms with Crippen molar-refractivity contribution in [1.82, 2.24) is 5.32 Å². The zero-order valence-corrected chi connectivity index (χ0v) is 16.5. The first-order chi connectivity index (χ1) is 13.7. The number of fused-ring (bicyclic) bond motifs is 1. The Morgan fingerprint density at radius 1 is 1.07 bits per heavy atom. The van der Waals surface area contributed by atoms with Gasteiger partial charge >= 0.3 is 0 Å². The number of halogens is 1. The lowest BCUT2D eigenvalue weighted by Crippen LogP contribution is -2.56. The van der Waals surface area contributed by atoms with Crippen LogP contribution in [-0.4, -0.2) is 42.5 Å². The van der Waals surface area contributed by atoms with E-state index in [9.17, 15) is 8.60 Å². The van der Waals surface area contributed by atoms with E-state index < -0.39 is 11.0 Å². The van der Waals surface area contributed by atoms with E-state index in [2.05, 4.69) is 16.3 Å². The number of para-hydroxylation sites is 1. The minimum Gasteiger partial charge on any atom is -0.481 e. The number of hydrogen-bond donors (Lipinski definition) is 1. The number of rotatable bonds is 3. The number of nitrogens with zero attached hydrogens (tertiary/aromatic N) is 2. The number of nitrogens with one attached hydrogen (secondary N) is 1. The van der Waals surface area contributed by atoms with E-state index in [4.69, 9.17) is 4.74 Å². The summed E-state index contributed by atoms with van der Waals surface area (Å²) in [4.78, 5) is 2.81. The summed E-state index contributed by atoms with van der Waals surface area (Å²) < 4.78 is 35.6. The highest BCUT2D eigenvalue weighted by atomic mass is 32.2. The van der Waals surface area contributed by atoms with Gasteiger partial charge in [0.2, 0.25) is 0 Å². The third-order valence-corrected chi connectivity index (χ3v) is 7.30. The van der Waals surface area contributed by atoms with Gasteiger partial charge in [0.1, 0.15) is 11.4 Å². The molecule has 2 fully saturated rings. The smallest absolute Gasteiger partial charge is 0.167 e. The van der Waals surface area contributed by atoms with Crippen LogP contribution in [0.4, 0.5) is 15.8 Å². The normalized spacial score (nSPS) is 21.6. The zero-order valence-electron chi connectivity index (χ0n) is 15.7. The van der Waals surface area contributed by atoms with Crippen molar-refractivity contribution >= 4 is 22.4 Å². The highest BCUT2D eigenvalue weighted by molar-refractivity contribution is 7.86. The fourth-order valence-electron chi connectivity index (χ4n) is 4.25. The van der Waals surface area contributed by atoms with Crippen LogP contribution in [0.25, 0.3) is 0 Å². The van der Waals surface area contributed by atoms with E-state index in [1.54, 1.807) is 12.1 Å². The topological polar surface area (TPSA) is 44.8 Å². The van der Waals surface area contributed by atoms with Crippen LogP contribution in [0.3, 0.4) is 0 Å². The number of piperazine rings is 1. The van der Waals surface area contributed by atoms with Crippen LogP contribution in [0, 0.1) is 5.82 Å². The van der Waals surface area contributed by atoms with Crippen LogP contribution in [-0.2, 0) is 11.0 Å². The Balaban J connectivity index is 1.57. The van der Waals surface area contributed by atoms with Crippen LogP contribution < -0.4 is 19.3 Å². The van der Waals surface area contributed by atoms with E-state index in [-0.39, 0.29) is 11.4 Å². The fraction of sp³-hybridized carbons (Fsp3) is 0.429. The van der Waals surface area contributed by atoms with Gasteiger partial charge in [0.05, 0.1) is 22.8 Å². The molecule has 0 bridgehead atoms. The lowest BCUT2D eigenvalue weighted by atomic mass is 9.79. The van der Waals surface area contributed by atoms with E-state index >= 15 is 0 Å². The first-order valence-corrected chi connectivity index (χ1v) is 11.0. The summed E-state index contributed by atoms with van der Waals surface area (Å²) in [6.45, 7) is 4.27. The molecule has 1 N–H and O–H groups in total. The van der Waals surface area contributed by atoms with Gasteiger partial charge in [-0.15, -0.1) is 0 Å². The quantitative estimate of drug-likeness (QED) is 0.859. The standard InChI is InChI=1S/C21H24FN3O2S/c22-16-4-1-5-17(14-16)28(26)25-15-21(8-3-9-21)27-20-18(6-2-7-19(20)25)24-12-10-23-11-13-24/h1-2,4-7,14,23H,3,8-13,15H2. The molecule has 0 radical (unpaired) electrons. The molecule has 1 saturated carbocycles. The second kappa shape index (κ2) is 7.04. The van der Waals surface area contributed by atoms with Crippen molar-refractivity contribution < 1.29 is 13.3 Å². The monoisotopic (exact) mass is 401 g/mol. The van der Waals surface area contributed by atoms with Crippen molar-refractivity contribution in [2.45, 2.75) is 29.8 Å². The summed E-state index contributed by atoms with van der Waals surface area (Å²) in [6.07, 6.45) is 3.03. The Hall–Kier alpha value is -2.12. The Morgan fingerprint density at radius 2 is 1.82 bits per heavy atom. The highest BCUT2D eigenvalue weighted by Crippen LogP contribution is 2.50. The lowest BCUT2D eigenvalue weighted by molar-refractivity contribution is -0.00313. The average molecular weight is 402 g/mol. The van der Waals surface area contributed by atoms with Crippen LogP contribution >= 0.6 is 0 Å². The Labute approximate surface area is 167 Å². The lowest BCUT2D eigenvalue weighted by Gasteiger charge is -2.49. The van der Waals surface area contributed by atoms with Crippen molar-refractivity contribution in [3.05, 3.63) is 48.3 Å². The summed E-state index contributed by atoms with van der Waals surface area (Å²) in [5.74, 6) is 0.451. The summed E-state index contributed by atoms with van der Waals surface area (Å²) in [6, 6.07) is 12.1. The number of anilines is 2. The molecule has 2 aliphatic heterocycles. The average Bonchev–Trinajstić information content (AvgIpc) is 2.71. The van der Waals surface area contributed by atoms with Crippen molar-refractivity contribution in [2.75, 3.05) is 41.9 Å². The molecule has 5 nitrogen and oxygen atoms in total. The van der Waals surface area contributed by atoms with Gasteiger partial charge in [-0.2, -0.15) is 0 Å². The molecule has 5 rings (SSSR count). The summed E-state index contributed by atoms with van der Waals surface area (Å²) >= 11 is 0. The molecular weight excluding hydrogens is 377 g/mol. The maximum Gasteiger partial charge on any atom is 0.167 e. The van der Waals surface area contributed by atoms with E-state index in [1.807, 2.05) is 16.4 Å². The Bertz CT molecular complexity index is 912. The second-order valence-electron chi connectivity index (χ2n) is 7.74. The van der Waals surface area contributed by atoms with Crippen LogP contribution in [0.2, 0.25) is 0 Å². The fourth-order valence-corrected chi connectivity index (χ4v) is 5.58. The van der Waals surface area contributed by atoms with Crippen molar-refractivity contribution in [1.29, 1.82) is 0 Å². The molecule has 2 heterocycles. The summed E-state index contributed by atoms with van der Waals surface area (Å²) in [5, 5.41) is 3.38. The predicted octanol–water partition coefficient (Wildman–Crippen LogP) is 3.08. The summed E-state index contributed by atoms with van der Waals surface area (Å²) in [5.41, 5.74) is 1.60. The molecule has 1 unspecified atom stereocenters. The molecule has 1 aliphatic carbocycles. The van der Waals surface area contributed by atoms with Crippen molar-refractivity contribution in [2.24, 2.45) is 0 Å². The molecule has 1 saturated heterocycles. The third kappa shape index (κ3) is 3.06. The van der Waals surface area contributed by atoms with Crippen molar-refractivity contribution in [3.63, 3.8) is 0 Å². The van der Waals surface area contributed by atoms with Gasteiger partial charge in [-0.25, -0.2) is 8.60 Å². The first-order valence-electron chi connectivity index (χ1n) is 9.88. The molecule has 0 aromatic heterocycles. The Morgan fingerprint density at radius 3 is 2.54 bits per heavy atom. The van der Waals surface area contributed by atoms with E-state index in [0.717, 1.165) is 62.6 Å².